The van der Waals surface area contributed by atoms with Crippen molar-refractivity contribution in [2.75, 3.05) is 19.7 Å². The lowest BCUT2D eigenvalue weighted by atomic mass is 10.1. The van der Waals surface area contributed by atoms with E-state index in [9.17, 15) is 9.90 Å². The Morgan fingerprint density at radius 3 is 2.50 bits per heavy atom. The summed E-state index contributed by atoms with van der Waals surface area (Å²) in [5.41, 5.74) is -1.22. The van der Waals surface area contributed by atoms with E-state index < -0.39 is 5.60 Å². The predicted octanol–water partition coefficient (Wildman–Crippen LogP) is -0.258. The second kappa shape index (κ2) is 2.94. The van der Waals surface area contributed by atoms with Gasteiger partial charge in [-0.3, -0.25) is 4.79 Å². The highest BCUT2D eigenvalue weighted by molar-refractivity contribution is 5.85. The van der Waals surface area contributed by atoms with Gasteiger partial charge in [0, 0.05) is 12.0 Å². The summed E-state index contributed by atoms with van der Waals surface area (Å²) in [7, 11) is 0. The van der Waals surface area contributed by atoms with Gasteiger partial charge in [-0.15, -0.1) is 0 Å². The summed E-state index contributed by atoms with van der Waals surface area (Å²) in [6.07, 6.45) is 2.41. The van der Waals surface area contributed by atoms with E-state index in [1.54, 1.807) is 4.90 Å². The highest BCUT2D eigenvalue weighted by Gasteiger charge is 2.50. The maximum atomic E-state index is 11.9. The van der Waals surface area contributed by atoms with Crippen LogP contribution in [0, 0.1) is 5.41 Å². The van der Waals surface area contributed by atoms with E-state index in [1.165, 1.54) is 0 Å². The van der Waals surface area contributed by atoms with Gasteiger partial charge in [0.05, 0.1) is 13.2 Å². The van der Waals surface area contributed by atoms with Crippen molar-refractivity contribution in [3.63, 3.8) is 0 Å². The van der Waals surface area contributed by atoms with E-state index in [-0.39, 0.29) is 24.5 Å². The second-order valence-electron chi connectivity index (χ2n) is 4.92. The molecular weight excluding hydrogens is 182 g/mol. The monoisotopic (exact) mass is 199 g/mol. The average molecular weight is 199 g/mol. The first kappa shape index (κ1) is 9.93. The summed E-state index contributed by atoms with van der Waals surface area (Å²) in [6.45, 7) is 2.57. The van der Waals surface area contributed by atoms with E-state index in [4.69, 9.17) is 5.11 Å². The zero-order valence-corrected chi connectivity index (χ0v) is 8.49. The third-order valence-electron chi connectivity index (χ3n) is 3.43. The van der Waals surface area contributed by atoms with Crippen LogP contribution >= 0.6 is 0 Å². The summed E-state index contributed by atoms with van der Waals surface area (Å²) in [5.74, 6) is 0.141. The Labute approximate surface area is 83.5 Å². The van der Waals surface area contributed by atoms with E-state index in [0.717, 1.165) is 12.8 Å². The smallest absolute Gasteiger partial charge is 0.228 e. The highest BCUT2D eigenvalue weighted by Crippen LogP contribution is 2.47. The lowest BCUT2D eigenvalue weighted by Gasteiger charge is -2.23. The van der Waals surface area contributed by atoms with E-state index in [0.29, 0.717) is 13.0 Å². The Morgan fingerprint density at radius 1 is 1.43 bits per heavy atom. The fourth-order valence-corrected chi connectivity index (χ4v) is 1.94. The van der Waals surface area contributed by atoms with Gasteiger partial charge in [-0.1, -0.05) is 6.92 Å². The van der Waals surface area contributed by atoms with Gasteiger partial charge in [0.15, 0.2) is 0 Å². The van der Waals surface area contributed by atoms with Gasteiger partial charge in [-0.05, 0) is 19.3 Å². The number of hydrogen-bond acceptors (Lipinski definition) is 3. The normalized spacial score (nSPS) is 34.6. The van der Waals surface area contributed by atoms with Crippen LogP contribution in [0.4, 0.5) is 0 Å². The molecule has 1 aliphatic carbocycles. The number of rotatable bonds is 2. The Balaban J connectivity index is 1.99. The molecular formula is C10H17NO3. The Kier molecular flexibility index (Phi) is 2.08. The maximum absolute atomic E-state index is 11.9. The molecule has 80 valence electrons. The largest absolute Gasteiger partial charge is 0.393 e. The van der Waals surface area contributed by atoms with Crippen LogP contribution in [-0.4, -0.2) is 46.3 Å². The molecule has 1 aliphatic heterocycles. The number of amides is 1. The molecule has 1 unspecified atom stereocenters. The first-order chi connectivity index (χ1) is 6.49. The number of carbonyl (C=O) groups excluding carboxylic acids is 1. The van der Waals surface area contributed by atoms with Crippen LogP contribution < -0.4 is 0 Å². The molecule has 0 spiro atoms. The Bertz CT molecular complexity index is 262. The molecule has 1 amide bonds. The number of likely N-dealkylation sites (tertiary alicyclic amines) is 1. The molecule has 2 aliphatic rings. The highest BCUT2D eigenvalue weighted by atomic mass is 16.3. The standard InChI is InChI=1S/C10H17NO3/c1-9(2-3-9)8(13)11-5-4-10(14,6-11)7-12/h12,14H,2-7H2,1H3. The summed E-state index contributed by atoms with van der Waals surface area (Å²) in [4.78, 5) is 13.5. The molecule has 4 nitrogen and oxygen atoms in total. The third kappa shape index (κ3) is 1.53. The fraction of sp³-hybridized carbons (Fsp3) is 0.900. The molecule has 1 saturated heterocycles. The van der Waals surface area contributed by atoms with Crippen molar-refractivity contribution in [1.82, 2.24) is 4.90 Å². The van der Waals surface area contributed by atoms with Crippen LogP contribution in [-0.2, 0) is 4.79 Å². The number of aliphatic hydroxyl groups excluding tert-OH is 1. The molecule has 1 saturated carbocycles. The molecule has 2 rings (SSSR count). The minimum Gasteiger partial charge on any atom is -0.393 e. The average Bonchev–Trinajstić information content (AvgIpc) is 2.79. The van der Waals surface area contributed by atoms with Gasteiger partial charge in [0.2, 0.25) is 5.91 Å². The van der Waals surface area contributed by atoms with Crippen molar-refractivity contribution in [2.45, 2.75) is 31.8 Å². The number of nitrogens with zero attached hydrogens (tertiary/aromatic N) is 1. The Hall–Kier alpha value is -0.610. The lowest BCUT2D eigenvalue weighted by Crippen LogP contribution is -2.40. The SMILES string of the molecule is CC1(C(=O)N2CCC(O)(CO)C2)CC1. The second-order valence-corrected chi connectivity index (χ2v) is 4.92. The van der Waals surface area contributed by atoms with Gasteiger partial charge < -0.3 is 15.1 Å². The minimum absolute atomic E-state index is 0.141. The molecule has 2 N–H and O–H groups in total. The van der Waals surface area contributed by atoms with Gasteiger partial charge in [0.25, 0.3) is 0 Å². The number of carbonyl (C=O) groups is 1. The van der Waals surface area contributed by atoms with Crippen LogP contribution in [0.15, 0.2) is 0 Å². The molecule has 14 heavy (non-hydrogen) atoms. The first-order valence-corrected chi connectivity index (χ1v) is 5.12. The quantitative estimate of drug-likeness (QED) is 0.644. The number of aliphatic hydroxyl groups is 2. The molecule has 0 aromatic rings. The zero-order chi connectivity index (χ0) is 10.4. The Morgan fingerprint density at radius 2 is 2.07 bits per heavy atom. The van der Waals surface area contributed by atoms with E-state index in [1.807, 2.05) is 6.92 Å². The number of β-amino-alcohol motifs (C(OH)–C–C–N with tert-alkyl or cyclic N) is 1. The van der Waals surface area contributed by atoms with Crippen molar-refractivity contribution in [3.05, 3.63) is 0 Å². The molecule has 0 radical (unpaired) electrons. The van der Waals surface area contributed by atoms with Crippen molar-refractivity contribution >= 4 is 5.91 Å². The van der Waals surface area contributed by atoms with Gasteiger partial charge in [-0.2, -0.15) is 0 Å². The molecule has 0 aromatic heterocycles. The molecule has 2 fully saturated rings. The summed E-state index contributed by atoms with van der Waals surface area (Å²) < 4.78 is 0. The van der Waals surface area contributed by atoms with Gasteiger partial charge in [-0.25, -0.2) is 0 Å². The third-order valence-corrected chi connectivity index (χ3v) is 3.43. The molecule has 1 atom stereocenters. The van der Waals surface area contributed by atoms with Crippen molar-refractivity contribution < 1.29 is 15.0 Å². The van der Waals surface area contributed by atoms with Gasteiger partial charge in [0.1, 0.15) is 5.60 Å². The van der Waals surface area contributed by atoms with E-state index in [2.05, 4.69) is 0 Å². The summed E-state index contributed by atoms with van der Waals surface area (Å²) >= 11 is 0. The first-order valence-electron chi connectivity index (χ1n) is 5.12. The van der Waals surface area contributed by atoms with Crippen LogP contribution in [0.2, 0.25) is 0 Å². The maximum Gasteiger partial charge on any atom is 0.228 e. The van der Waals surface area contributed by atoms with Crippen molar-refractivity contribution in [2.24, 2.45) is 5.41 Å². The van der Waals surface area contributed by atoms with Crippen molar-refractivity contribution in [3.8, 4) is 0 Å². The fourth-order valence-electron chi connectivity index (χ4n) is 1.94. The van der Waals surface area contributed by atoms with Crippen LogP contribution in [0.3, 0.4) is 0 Å². The van der Waals surface area contributed by atoms with Crippen molar-refractivity contribution in [1.29, 1.82) is 0 Å². The van der Waals surface area contributed by atoms with Crippen LogP contribution in [0.1, 0.15) is 26.2 Å². The lowest BCUT2D eigenvalue weighted by molar-refractivity contribution is -0.136. The van der Waals surface area contributed by atoms with Gasteiger partial charge >= 0.3 is 0 Å². The summed E-state index contributed by atoms with van der Waals surface area (Å²) in [6, 6.07) is 0. The van der Waals surface area contributed by atoms with Crippen LogP contribution in [0.25, 0.3) is 0 Å². The summed E-state index contributed by atoms with van der Waals surface area (Å²) in [5, 5.41) is 18.7. The van der Waals surface area contributed by atoms with E-state index >= 15 is 0 Å². The molecule has 4 heteroatoms. The molecule has 1 heterocycles. The molecule has 0 bridgehead atoms. The van der Waals surface area contributed by atoms with Crippen LogP contribution in [0.5, 0.6) is 0 Å². The zero-order valence-electron chi connectivity index (χ0n) is 8.49. The molecule has 0 aromatic carbocycles. The minimum atomic E-state index is -1.05. The number of hydrogen-bond donors (Lipinski definition) is 2. The predicted molar refractivity (Wildman–Crippen MR) is 50.6 cm³/mol. The topological polar surface area (TPSA) is 60.8 Å².